The summed E-state index contributed by atoms with van der Waals surface area (Å²) in [5, 5.41) is 0. The minimum atomic E-state index is -1.01. The van der Waals surface area contributed by atoms with Crippen LogP contribution in [0, 0.1) is 35.5 Å². The smallest absolute Gasteiger partial charge is 0.340 e. The van der Waals surface area contributed by atoms with E-state index in [1.807, 2.05) is 0 Å². The highest BCUT2D eigenvalue weighted by molar-refractivity contribution is 6.24. The summed E-state index contributed by atoms with van der Waals surface area (Å²) in [7, 11) is 0. The van der Waals surface area contributed by atoms with E-state index in [1.54, 1.807) is 48.5 Å². The van der Waals surface area contributed by atoms with E-state index in [0.717, 1.165) is 6.42 Å². The minimum Gasteiger partial charge on any atom is -0.451 e. The van der Waals surface area contributed by atoms with Crippen molar-refractivity contribution in [2.75, 3.05) is 4.90 Å². The van der Waals surface area contributed by atoms with E-state index >= 15 is 0 Å². The summed E-state index contributed by atoms with van der Waals surface area (Å²) in [4.78, 5) is 53.8. The molecule has 7 atom stereocenters. The second-order valence-electron chi connectivity index (χ2n) is 9.46. The molecule has 2 saturated carbocycles. The van der Waals surface area contributed by atoms with Crippen molar-refractivity contribution in [3.8, 4) is 0 Å². The van der Waals surface area contributed by atoms with Gasteiger partial charge in [0.1, 0.15) is 0 Å². The van der Waals surface area contributed by atoms with Crippen LogP contribution in [0.3, 0.4) is 0 Å². The predicted octanol–water partition coefficient (Wildman–Crippen LogP) is 3.67. The largest absolute Gasteiger partial charge is 0.451 e. The highest BCUT2D eigenvalue weighted by Gasteiger charge is 2.67. The van der Waals surface area contributed by atoms with Crippen molar-refractivity contribution >= 4 is 29.3 Å². The molecule has 6 nitrogen and oxygen atoms in total. The van der Waals surface area contributed by atoms with Gasteiger partial charge in [0.2, 0.25) is 17.6 Å². The van der Waals surface area contributed by atoms with E-state index in [-0.39, 0.29) is 52.5 Å². The molecule has 2 aromatic carbocycles. The van der Waals surface area contributed by atoms with Crippen LogP contribution in [0.2, 0.25) is 0 Å². The third kappa shape index (κ3) is 2.93. The average molecular weight is 441 g/mol. The number of nitrogens with zero attached hydrogens (tertiary/aromatic N) is 1. The van der Waals surface area contributed by atoms with Crippen molar-refractivity contribution in [1.29, 1.82) is 0 Å². The minimum absolute atomic E-state index is 0.106. The quantitative estimate of drug-likeness (QED) is 0.306. The second kappa shape index (κ2) is 7.24. The summed E-state index contributed by atoms with van der Waals surface area (Å²) in [6.07, 6.45) is 4.32. The number of amides is 2. The Labute approximate surface area is 191 Å². The maximum Gasteiger partial charge on any atom is 0.340 e. The molecular weight excluding hydrogens is 418 g/mol. The molecule has 2 bridgehead atoms. The molecule has 0 aromatic heterocycles. The van der Waals surface area contributed by atoms with E-state index < -0.39 is 12.1 Å². The van der Waals surface area contributed by atoms with Gasteiger partial charge in [0.05, 0.1) is 23.1 Å². The highest BCUT2D eigenvalue weighted by atomic mass is 16.5. The summed E-state index contributed by atoms with van der Waals surface area (Å²) in [6.45, 7) is 1.52. The van der Waals surface area contributed by atoms with E-state index in [2.05, 4.69) is 12.2 Å². The lowest BCUT2D eigenvalue weighted by Gasteiger charge is -2.37. The van der Waals surface area contributed by atoms with Crippen LogP contribution in [0.25, 0.3) is 0 Å². The Hall–Kier alpha value is -3.54. The topological polar surface area (TPSA) is 80.8 Å². The second-order valence-corrected chi connectivity index (χ2v) is 9.46. The molecule has 2 amide bonds. The van der Waals surface area contributed by atoms with Crippen LogP contribution >= 0.6 is 0 Å². The molecular formula is C27H23NO5. The number of anilines is 1. The van der Waals surface area contributed by atoms with E-state index in [4.69, 9.17) is 4.74 Å². The van der Waals surface area contributed by atoms with Gasteiger partial charge in [0.15, 0.2) is 6.10 Å². The number of ketones is 1. The zero-order valence-electron chi connectivity index (χ0n) is 18.1. The molecule has 7 rings (SSSR count). The molecule has 33 heavy (non-hydrogen) atoms. The Kier molecular flexibility index (Phi) is 4.41. The van der Waals surface area contributed by atoms with Crippen molar-refractivity contribution in [3.05, 3.63) is 77.9 Å². The fraction of sp³-hybridized carbons (Fsp3) is 0.333. The van der Waals surface area contributed by atoms with Gasteiger partial charge in [0.25, 0.3) is 0 Å². The van der Waals surface area contributed by atoms with Crippen molar-refractivity contribution in [2.45, 2.75) is 19.4 Å². The lowest BCUT2D eigenvalue weighted by Crippen LogP contribution is -2.40. The number of Topliss-reactive ketones (excluding diaryl/α,β-unsaturated/α-hetero) is 1. The van der Waals surface area contributed by atoms with E-state index in [0.29, 0.717) is 17.4 Å². The SMILES string of the molecule is C[C@@H](OC(=O)c1ccccc1N1C(=O)[C@H]2[C@@H]3C=C[C@H]([C@H]4C[C@H]34)[C@@H]2C1=O)C(=O)c1ccccc1. The fourth-order valence-electron chi connectivity index (χ4n) is 6.15. The molecule has 1 aliphatic heterocycles. The highest BCUT2D eigenvalue weighted by Crippen LogP contribution is 2.65. The van der Waals surface area contributed by atoms with Crippen LogP contribution in [0.15, 0.2) is 66.7 Å². The Balaban J connectivity index is 1.27. The Bertz CT molecular complexity index is 1180. The number of esters is 1. The summed E-state index contributed by atoms with van der Waals surface area (Å²) < 4.78 is 5.47. The first kappa shape index (κ1) is 20.1. The number of para-hydroxylation sites is 1. The molecule has 6 heteroatoms. The number of hydrogen-bond donors (Lipinski definition) is 0. The lowest BCUT2D eigenvalue weighted by molar-refractivity contribution is -0.124. The van der Waals surface area contributed by atoms with Gasteiger partial charge in [-0.05, 0) is 49.1 Å². The van der Waals surface area contributed by atoms with Gasteiger partial charge in [-0.2, -0.15) is 0 Å². The fourth-order valence-corrected chi connectivity index (χ4v) is 6.15. The van der Waals surface area contributed by atoms with Crippen molar-refractivity contribution < 1.29 is 23.9 Å². The predicted molar refractivity (Wildman–Crippen MR) is 119 cm³/mol. The molecule has 0 radical (unpaired) electrons. The molecule has 5 aliphatic rings. The molecule has 3 fully saturated rings. The number of carbonyl (C=O) groups is 4. The van der Waals surface area contributed by atoms with Crippen molar-refractivity contribution in [2.24, 2.45) is 35.5 Å². The van der Waals surface area contributed by atoms with E-state index in [9.17, 15) is 19.2 Å². The van der Waals surface area contributed by atoms with Crippen LogP contribution < -0.4 is 4.90 Å². The number of rotatable bonds is 5. The molecule has 4 aliphatic carbocycles. The van der Waals surface area contributed by atoms with Crippen LogP contribution in [0.4, 0.5) is 5.69 Å². The number of ether oxygens (including phenoxy) is 1. The lowest BCUT2D eigenvalue weighted by atomic mass is 9.63. The number of carbonyl (C=O) groups excluding carboxylic acids is 4. The zero-order valence-corrected chi connectivity index (χ0v) is 18.1. The standard InChI is InChI=1S/C27H23NO5/c1-14(24(29)15-7-3-2-4-8-15)33-27(32)18-9-5-6-10-21(18)28-25(30)22-16-11-12-17(20-13-19(16)20)23(22)26(28)31/h2-12,14,16-17,19-20,22-23H,13H2,1H3/t14-,16-,17-,19-,20-,22+,23+/m1/s1. The van der Waals surface area contributed by atoms with E-state index in [1.165, 1.54) is 17.9 Å². The van der Waals surface area contributed by atoms with Crippen molar-refractivity contribution in [1.82, 2.24) is 0 Å². The normalized spacial score (nSPS) is 31.7. The monoisotopic (exact) mass is 441 g/mol. The Morgan fingerprint density at radius 2 is 1.45 bits per heavy atom. The number of imide groups is 1. The number of allylic oxidation sites excluding steroid dienone is 2. The van der Waals surface area contributed by atoms with Crippen LogP contribution in [0.5, 0.6) is 0 Å². The summed E-state index contributed by atoms with van der Waals surface area (Å²) in [5.41, 5.74) is 0.789. The Morgan fingerprint density at radius 1 is 0.879 bits per heavy atom. The third-order valence-electron chi connectivity index (χ3n) is 7.74. The average Bonchev–Trinajstić information content (AvgIpc) is 3.62. The first-order valence-electron chi connectivity index (χ1n) is 11.4. The van der Waals surface area contributed by atoms with Gasteiger partial charge in [-0.15, -0.1) is 0 Å². The third-order valence-corrected chi connectivity index (χ3v) is 7.74. The van der Waals surface area contributed by atoms with Gasteiger partial charge in [0, 0.05) is 5.56 Å². The first-order valence-corrected chi connectivity index (χ1v) is 11.4. The summed E-state index contributed by atoms with van der Waals surface area (Å²) >= 11 is 0. The van der Waals surface area contributed by atoms with Gasteiger partial charge in [-0.3, -0.25) is 14.4 Å². The zero-order chi connectivity index (χ0) is 22.9. The molecule has 1 heterocycles. The molecule has 166 valence electrons. The van der Waals surface area contributed by atoms with Crippen LogP contribution in [-0.4, -0.2) is 29.7 Å². The molecule has 2 aromatic rings. The Morgan fingerprint density at radius 3 is 2.09 bits per heavy atom. The van der Waals surface area contributed by atoms with Crippen LogP contribution in [0.1, 0.15) is 34.1 Å². The summed E-state index contributed by atoms with van der Waals surface area (Å²) in [5.74, 6) is -0.997. The van der Waals surface area contributed by atoms with Gasteiger partial charge < -0.3 is 4.74 Å². The van der Waals surface area contributed by atoms with Crippen LogP contribution in [-0.2, 0) is 14.3 Å². The number of hydrogen-bond acceptors (Lipinski definition) is 5. The summed E-state index contributed by atoms with van der Waals surface area (Å²) in [6, 6.07) is 15.1. The molecule has 0 spiro atoms. The first-order chi connectivity index (χ1) is 16.0. The van der Waals surface area contributed by atoms with Gasteiger partial charge in [-0.1, -0.05) is 54.6 Å². The maximum atomic E-state index is 13.5. The van der Waals surface area contributed by atoms with Gasteiger partial charge >= 0.3 is 5.97 Å². The maximum absolute atomic E-state index is 13.5. The molecule has 0 unspecified atom stereocenters. The number of benzene rings is 2. The van der Waals surface area contributed by atoms with Gasteiger partial charge in [-0.25, -0.2) is 9.69 Å². The molecule has 1 saturated heterocycles. The molecule has 0 N–H and O–H groups in total. The van der Waals surface area contributed by atoms with Crippen molar-refractivity contribution in [3.63, 3.8) is 0 Å².